The number of rotatable bonds is 3. The predicted octanol–water partition coefficient (Wildman–Crippen LogP) is 1.88. The maximum Gasteiger partial charge on any atom is 0.144 e. The number of nitrogens with two attached hydrogens (primary N) is 1. The van der Waals surface area contributed by atoms with Crippen molar-refractivity contribution in [3.63, 3.8) is 0 Å². The lowest BCUT2D eigenvalue weighted by Gasteiger charge is -2.30. The van der Waals surface area contributed by atoms with E-state index in [1.54, 1.807) is 0 Å². The number of aromatic nitrogens is 2. The molecule has 0 bridgehead atoms. The minimum atomic E-state index is 0.623. The number of anilines is 2. The number of hydrogen-bond donors (Lipinski definition) is 1. The Balaban J connectivity index is 1.85. The molecule has 3 rings (SSSR count). The number of imidazole rings is 1. The number of hydrogen-bond acceptors (Lipinski definition) is 4. The highest BCUT2D eigenvalue weighted by Gasteiger charge is 2.17. The molecule has 0 saturated heterocycles. The summed E-state index contributed by atoms with van der Waals surface area (Å²) in [6.45, 7) is 5.34. The number of nitrogens with zero attached hydrogens (tertiary/aromatic N) is 3. The molecule has 2 N–H and O–H groups in total. The molecule has 1 aliphatic rings. The van der Waals surface area contributed by atoms with E-state index in [2.05, 4.69) is 14.5 Å². The molecule has 1 aromatic carbocycles. The summed E-state index contributed by atoms with van der Waals surface area (Å²) in [7, 11) is 0. The standard InChI is InChI=1S/C14H18N4O/c1-2-19-13-9-11(3-4-12(13)15)18-8-7-17-6-5-16-14(17)10-18/h3-6,9H,2,7-8,10,15H2,1H3. The quantitative estimate of drug-likeness (QED) is 0.854. The molecule has 0 atom stereocenters. The summed E-state index contributed by atoms with van der Waals surface area (Å²) < 4.78 is 7.74. The third-order valence-electron chi connectivity index (χ3n) is 3.41. The van der Waals surface area contributed by atoms with Crippen LogP contribution in [0.2, 0.25) is 0 Å². The second-order valence-electron chi connectivity index (χ2n) is 4.61. The fourth-order valence-corrected chi connectivity index (χ4v) is 2.39. The molecule has 1 aromatic heterocycles. The number of fused-ring (bicyclic) bond motifs is 1. The summed E-state index contributed by atoms with van der Waals surface area (Å²) in [5.41, 5.74) is 7.72. The average Bonchev–Trinajstić information content (AvgIpc) is 2.89. The highest BCUT2D eigenvalue weighted by atomic mass is 16.5. The Labute approximate surface area is 112 Å². The molecule has 0 amide bonds. The van der Waals surface area contributed by atoms with Gasteiger partial charge in [-0.1, -0.05) is 0 Å². The summed E-state index contributed by atoms with van der Waals surface area (Å²) in [5, 5.41) is 0. The highest BCUT2D eigenvalue weighted by molar-refractivity contribution is 5.62. The Morgan fingerprint density at radius 3 is 3.11 bits per heavy atom. The van der Waals surface area contributed by atoms with Gasteiger partial charge < -0.3 is 19.9 Å². The van der Waals surface area contributed by atoms with E-state index < -0.39 is 0 Å². The van der Waals surface area contributed by atoms with Gasteiger partial charge in [-0.25, -0.2) is 4.98 Å². The Kier molecular flexibility index (Phi) is 3.03. The number of nitrogen functional groups attached to an aromatic ring is 1. The minimum Gasteiger partial charge on any atom is -0.492 e. The molecule has 0 radical (unpaired) electrons. The zero-order valence-electron chi connectivity index (χ0n) is 11.0. The van der Waals surface area contributed by atoms with Crippen molar-refractivity contribution in [2.24, 2.45) is 0 Å². The second-order valence-corrected chi connectivity index (χ2v) is 4.61. The first-order valence-electron chi connectivity index (χ1n) is 6.55. The second kappa shape index (κ2) is 4.84. The maximum atomic E-state index is 5.91. The van der Waals surface area contributed by atoms with Crippen molar-refractivity contribution >= 4 is 11.4 Å². The number of ether oxygens (including phenoxy) is 1. The largest absolute Gasteiger partial charge is 0.492 e. The lowest BCUT2D eigenvalue weighted by Crippen LogP contribution is -2.33. The van der Waals surface area contributed by atoms with E-state index in [1.165, 1.54) is 0 Å². The van der Waals surface area contributed by atoms with Crippen LogP contribution >= 0.6 is 0 Å². The Hall–Kier alpha value is -2.17. The van der Waals surface area contributed by atoms with Gasteiger partial charge in [0.2, 0.25) is 0 Å². The smallest absolute Gasteiger partial charge is 0.144 e. The molecule has 2 aromatic rings. The Morgan fingerprint density at radius 2 is 2.26 bits per heavy atom. The molecule has 100 valence electrons. The van der Waals surface area contributed by atoms with Crippen molar-refractivity contribution in [3.05, 3.63) is 36.4 Å². The topological polar surface area (TPSA) is 56.3 Å². The van der Waals surface area contributed by atoms with Crippen LogP contribution in [0.3, 0.4) is 0 Å². The van der Waals surface area contributed by atoms with Crippen LogP contribution < -0.4 is 15.4 Å². The molecule has 0 aliphatic carbocycles. The molecular weight excluding hydrogens is 240 g/mol. The fourth-order valence-electron chi connectivity index (χ4n) is 2.39. The van der Waals surface area contributed by atoms with Crippen LogP contribution in [0.5, 0.6) is 5.75 Å². The van der Waals surface area contributed by atoms with Crippen LogP contribution in [0.25, 0.3) is 0 Å². The molecule has 0 saturated carbocycles. The van der Waals surface area contributed by atoms with Gasteiger partial charge in [0, 0.05) is 37.2 Å². The van der Waals surface area contributed by atoms with E-state index in [9.17, 15) is 0 Å². The summed E-state index contributed by atoms with van der Waals surface area (Å²) in [4.78, 5) is 6.67. The molecule has 5 nitrogen and oxygen atoms in total. The molecule has 2 heterocycles. The molecule has 0 fully saturated rings. The molecule has 0 spiro atoms. The van der Waals surface area contributed by atoms with Crippen molar-refractivity contribution in [1.29, 1.82) is 0 Å². The van der Waals surface area contributed by atoms with Crippen LogP contribution in [0.4, 0.5) is 11.4 Å². The molecule has 1 aliphatic heterocycles. The third-order valence-corrected chi connectivity index (χ3v) is 3.41. The predicted molar refractivity (Wildman–Crippen MR) is 75.3 cm³/mol. The highest BCUT2D eigenvalue weighted by Crippen LogP contribution is 2.29. The third kappa shape index (κ3) is 2.23. The van der Waals surface area contributed by atoms with Crippen LogP contribution in [-0.4, -0.2) is 22.7 Å². The van der Waals surface area contributed by atoms with Crippen LogP contribution in [0, 0.1) is 0 Å². The van der Waals surface area contributed by atoms with Gasteiger partial charge in [0.05, 0.1) is 18.8 Å². The van der Waals surface area contributed by atoms with Crippen molar-refractivity contribution in [1.82, 2.24) is 9.55 Å². The van der Waals surface area contributed by atoms with Crippen molar-refractivity contribution < 1.29 is 4.74 Å². The van der Waals surface area contributed by atoms with Crippen molar-refractivity contribution in [2.45, 2.75) is 20.0 Å². The summed E-state index contributed by atoms with van der Waals surface area (Å²) in [6.07, 6.45) is 3.88. The SMILES string of the molecule is CCOc1cc(N2CCn3ccnc3C2)ccc1N. The van der Waals surface area contributed by atoms with E-state index in [0.29, 0.717) is 12.3 Å². The van der Waals surface area contributed by atoms with Gasteiger partial charge in [0.15, 0.2) is 0 Å². The van der Waals surface area contributed by atoms with Crippen LogP contribution in [0.15, 0.2) is 30.6 Å². The Bertz CT molecular complexity index is 579. The van der Waals surface area contributed by atoms with Gasteiger partial charge in [-0.2, -0.15) is 0 Å². The Morgan fingerprint density at radius 1 is 1.37 bits per heavy atom. The van der Waals surface area contributed by atoms with Gasteiger partial charge in [-0.15, -0.1) is 0 Å². The van der Waals surface area contributed by atoms with Crippen molar-refractivity contribution in [3.8, 4) is 5.75 Å². The first-order valence-corrected chi connectivity index (χ1v) is 6.55. The maximum absolute atomic E-state index is 5.91. The van der Waals surface area contributed by atoms with E-state index >= 15 is 0 Å². The van der Waals surface area contributed by atoms with Gasteiger partial charge in [0.25, 0.3) is 0 Å². The van der Waals surface area contributed by atoms with Crippen LogP contribution in [0.1, 0.15) is 12.7 Å². The molecular formula is C14H18N4O. The van der Waals surface area contributed by atoms with E-state index in [1.807, 2.05) is 37.5 Å². The normalized spacial score (nSPS) is 14.3. The average molecular weight is 258 g/mol. The summed E-state index contributed by atoms with van der Waals surface area (Å²) in [6, 6.07) is 5.95. The summed E-state index contributed by atoms with van der Waals surface area (Å²) in [5.74, 6) is 1.86. The van der Waals surface area contributed by atoms with Gasteiger partial charge in [-0.05, 0) is 19.1 Å². The first-order chi connectivity index (χ1) is 9.28. The van der Waals surface area contributed by atoms with E-state index in [-0.39, 0.29) is 0 Å². The molecule has 0 unspecified atom stereocenters. The molecule has 19 heavy (non-hydrogen) atoms. The van der Waals surface area contributed by atoms with Crippen LogP contribution in [-0.2, 0) is 13.1 Å². The lowest BCUT2D eigenvalue weighted by molar-refractivity contribution is 0.342. The minimum absolute atomic E-state index is 0.623. The van der Waals surface area contributed by atoms with Gasteiger partial charge in [-0.3, -0.25) is 0 Å². The lowest BCUT2D eigenvalue weighted by atomic mass is 10.2. The zero-order valence-corrected chi connectivity index (χ0v) is 11.0. The number of benzene rings is 1. The van der Waals surface area contributed by atoms with E-state index in [4.69, 9.17) is 10.5 Å². The van der Waals surface area contributed by atoms with Crippen molar-refractivity contribution in [2.75, 3.05) is 23.8 Å². The zero-order chi connectivity index (χ0) is 13.2. The van der Waals surface area contributed by atoms with Gasteiger partial charge >= 0.3 is 0 Å². The summed E-state index contributed by atoms with van der Waals surface area (Å²) >= 11 is 0. The molecule has 5 heteroatoms. The van der Waals surface area contributed by atoms with E-state index in [0.717, 1.165) is 36.9 Å². The first kappa shape index (κ1) is 11.9. The van der Waals surface area contributed by atoms with Gasteiger partial charge in [0.1, 0.15) is 11.6 Å². The monoisotopic (exact) mass is 258 g/mol. The fraction of sp³-hybridized carbons (Fsp3) is 0.357.